The van der Waals surface area contributed by atoms with Gasteiger partial charge in [0.1, 0.15) is 0 Å². The quantitative estimate of drug-likeness (QED) is 0.228. The predicted molar refractivity (Wildman–Crippen MR) is 133 cm³/mol. The Labute approximate surface area is 186 Å². The van der Waals surface area contributed by atoms with Gasteiger partial charge in [0.25, 0.3) is 0 Å². The van der Waals surface area contributed by atoms with Crippen LogP contribution in [0.2, 0.25) is 0 Å². The van der Waals surface area contributed by atoms with E-state index in [9.17, 15) is 0 Å². The van der Waals surface area contributed by atoms with E-state index in [1.54, 1.807) is 5.57 Å². The monoisotopic (exact) mass is 405 g/mol. The van der Waals surface area contributed by atoms with Gasteiger partial charge in [-0.05, 0) is 68.9 Å². The average Bonchev–Trinajstić information content (AvgIpc) is 3.18. The molecule has 1 atom stereocenters. The number of allylic oxidation sites excluding steroid dienone is 8. The Morgan fingerprint density at radius 2 is 1.97 bits per heavy atom. The maximum Gasteiger partial charge on any atom is 0.0267 e. The average molecular weight is 406 g/mol. The van der Waals surface area contributed by atoms with Crippen molar-refractivity contribution in [2.45, 2.75) is 91.4 Å². The minimum Gasteiger partial charge on any atom is -0.386 e. The van der Waals surface area contributed by atoms with E-state index >= 15 is 0 Å². The highest BCUT2D eigenvalue weighted by Crippen LogP contribution is 2.36. The first-order valence-corrected chi connectivity index (χ1v) is 12.3. The van der Waals surface area contributed by atoms with E-state index in [1.807, 2.05) is 0 Å². The van der Waals surface area contributed by atoms with Crippen molar-refractivity contribution < 1.29 is 0 Å². The van der Waals surface area contributed by atoms with Crippen molar-refractivity contribution in [3.8, 4) is 12.3 Å². The molecule has 0 aromatic rings. The van der Waals surface area contributed by atoms with Crippen LogP contribution in [0.1, 0.15) is 91.4 Å². The lowest BCUT2D eigenvalue weighted by Crippen LogP contribution is -2.17. The predicted octanol–water partition coefficient (Wildman–Crippen LogP) is 8.04. The fourth-order valence-electron chi connectivity index (χ4n) is 4.44. The van der Waals surface area contributed by atoms with E-state index in [1.165, 1.54) is 68.9 Å². The minimum absolute atomic E-state index is 0.622. The molecule has 0 spiro atoms. The Balaban J connectivity index is 1.85. The third-order valence-corrected chi connectivity index (χ3v) is 6.86. The molecule has 0 radical (unpaired) electrons. The lowest BCUT2D eigenvalue weighted by molar-refractivity contribution is 0.365. The molecule has 0 saturated heterocycles. The van der Waals surface area contributed by atoms with Gasteiger partial charge in [-0.15, -0.1) is 6.42 Å². The van der Waals surface area contributed by atoms with E-state index < -0.39 is 0 Å². The molecule has 2 rings (SSSR count). The number of nitrogens with one attached hydrogen (secondary N) is 1. The molecule has 0 heterocycles. The van der Waals surface area contributed by atoms with Crippen LogP contribution < -0.4 is 5.32 Å². The first-order valence-electron chi connectivity index (χ1n) is 12.3. The summed E-state index contributed by atoms with van der Waals surface area (Å²) in [7, 11) is 0. The summed E-state index contributed by atoms with van der Waals surface area (Å²) in [4.78, 5) is 0. The summed E-state index contributed by atoms with van der Waals surface area (Å²) in [6.07, 6.45) is 28.2. The van der Waals surface area contributed by atoms with Gasteiger partial charge >= 0.3 is 0 Å². The lowest BCUT2D eigenvalue weighted by atomic mass is 9.78. The first-order chi connectivity index (χ1) is 14.6. The Morgan fingerprint density at radius 3 is 2.57 bits per heavy atom. The van der Waals surface area contributed by atoms with E-state index in [0.29, 0.717) is 5.92 Å². The fourth-order valence-corrected chi connectivity index (χ4v) is 4.44. The normalized spacial score (nSPS) is 18.3. The van der Waals surface area contributed by atoms with Gasteiger partial charge in [0.05, 0.1) is 0 Å². The number of terminal acetylenes is 1. The van der Waals surface area contributed by atoms with Gasteiger partial charge in [-0.1, -0.05) is 81.4 Å². The van der Waals surface area contributed by atoms with Crippen LogP contribution in [-0.2, 0) is 0 Å². The van der Waals surface area contributed by atoms with Crippen molar-refractivity contribution in [1.29, 1.82) is 0 Å². The molecule has 0 bridgehead atoms. The largest absolute Gasteiger partial charge is 0.386 e. The summed E-state index contributed by atoms with van der Waals surface area (Å²) in [5, 5.41) is 3.56. The standard InChI is InChI=1S/C29H43N/c1-6-9-12-27(24(5)26-14-11-15-26)18-16-23(4)30-21-20-28(13-10-7-2)29-19-17-25(8-3)22-29/h3,16-19,26,28,30H,4,6-7,9-15,20-22H2,1-2,5H3/b18-16+,27-24+. The zero-order chi connectivity index (χ0) is 21.8. The Kier molecular flexibility index (Phi) is 10.9. The zero-order valence-corrected chi connectivity index (χ0v) is 19.7. The molecule has 2 aliphatic rings. The van der Waals surface area contributed by atoms with Gasteiger partial charge in [-0.2, -0.15) is 0 Å². The molecular formula is C29H43N. The Hall–Kier alpha value is -1.94. The molecule has 1 nitrogen and oxygen atoms in total. The summed E-state index contributed by atoms with van der Waals surface area (Å²) in [6, 6.07) is 0. The van der Waals surface area contributed by atoms with Crippen LogP contribution in [-0.4, -0.2) is 6.54 Å². The highest BCUT2D eigenvalue weighted by Gasteiger charge is 2.21. The van der Waals surface area contributed by atoms with Gasteiger partial charge in [0.15, 0.2) is 0 Å². The van der Waals surface area contributed by atoms with E-state index in [2.05, 4.69) is 62.9 Å². The van der Waals surface area contributed by atoms with Gasteiger partial charge in [-0.25, -0.2) is 0 Å². The molecule has 1 N–H and O–H groups in total. The van der Waals surface area contributed by atoms with Gasteiger partial charge in [0, 0.05) is 24.2 Å². The van der Waals surface area contributed by atoms with Crippen LogP contribution in [0.5, 0.6) is 0 Å². The van der Waals surface area contributed by atoms with E-state index in [-0.39, 0.29) is 0 Å². The molecule has 0 aromatic carbocycles. The summed E-state index contributed by atoms with van der Waals surface area (Å²) >= 11 is 0. The van der Waals surface area contributed by atoms with Crippen LogP contribution in [0.25, 0.3) is 0 Å². The molecule has 1 unspecified atom stereocenters. The molecule has 0 aliphatic heterocycles. The highest BCUT2D eigenvalue weighted by molar-refractivity contribution is 5.41. The second kappa shape index (κ2) is 13.4. The summed E-state index contributed by atoms with van der Waals surface area (Å²) in [6.45, 7) is 12.1. The topological polar surface area (TPSA) is 12.0 Å². The summed E-state index contributed by atoms with van der Waals surface area (Å²) in [5.74, 6) is 4.26. The molecule has 1 saturated carbocycles. The van der Waals surface area contributed by atoms with Crippen molar-refractivity contribution in [3.05, 3.63) is 58.9 Å². The number of rotatable bonds is 14. The summed E-state index contributed by atoms with van der Waals surface area (Å²) in [5.41, 5.74) is 6.82. The molecule has 2 aliphatic carbocycles. The van der Waals surface area contributed by atoms with E-state index in [4.69, 9.17) is 6.42 Å². The van der Waals surface area contributed by atoms with Crippen molar-refractivity contribution >= 4 is 0 Å². The van der Waals surface area contributed by atoms with Gasteiger partial charge < -0.3 is 5.32 Å². The van der Waals surface area contributed by atoms with Crippen molar-refractivity contribution in [2.75, 3.05) is 6.54 Å². The highest BCUT2D eigenvalue weighted by atomic mass is 14.9. The van der Waals surface area contributed by atoms with Crippen LogP contribution in [0, 0.1) is 24.2 Å². The minimum atomic E-state index is 0.622. The number of hydrogen-bond acceptors (Lipinski definition) is 1. The van der Waals surface area contributed by atoms with Gasteiger partial charge in [0.2, 0.25) is 0 Å². The molecule has 1 fully saturated rings. The third-order valence-electron chi connectivity index (χ3n) is 6.86. The molecule has 164 valence electrons. The zero-order valence-electron chi connectivity index (χ0n) is 19.7. The second-order valence-electron chi connectivity index (χ2n) is 9.11. The Bertz CT molecular complexity index is 718. The van der Waals surface area contributed by atoms with Crippen molar-refractivity contribution in [1.82, 2.24) is 5.32 Å². The van der Waals surface area contributed by atoms with E-state index in [0.717, 1.165) is 36.6 Å². The third kappa shape index (κ3) is 7.71. The molecular weight excluding hydrogens is 362 g/mol. The SMILES string of the molecule is C#CC1=CC=C(C(CCCC)CCNC(=C)/C=C/C(CCCC)=C(\C)C2CCC2)C1. The smallest absolute Gasteiger partial charge is 0.0267 e. The number of unbranched alkanes of at least 4 members (excludes halogenated alkanes) is 2. The number of hydrogen-bond donors (Lipinski definition) is 1. The summed E-state index contributed by atoms with van der Waals surface area (Å²) < 4.78 is 0. The maximum atomic E-state index is 5.59. The Morgan fingerprint density at radius 1 is 1.20 bits per heavy atom. The fraction of sp³-hybridized carbons (Fsp3) is 0.586. The van der Waals surface area contributed by atoms with Crippen LogP contribution in [0.3, 0.4) is 0 Å². The maximum absolute atomic E-state index is 5.59. The molecule has 0 amide bonds. The second-order valence-corrected chi connectivity index (χ2v) is 9.11. The molecule has 1 heteroatoms. The van der Waals surface area contributed by atoms with Crippen LogP contribution in [0.15, 0.2) is 58.9 Å². The van der Waals surface area contributed by atoms with Gasteiger partial charge in [-0.3, -0.25) is 0 Å². The van der Waals surface area contributed by atoms with Crippen LogP contribution >= 0.6 is 0 Å². The van der Waals surface area contributed by atoms with Crippen molar-refractivity contribution in [3.63, 3.8) is 0 Å². The lowest BCUT2D eigenvalue weighted by Gasteiger charge is -2.28. The molecule has 0 aromatic heterocycles. The molecule has 30 heavy (non-hydrogen) atoms. The van der Waals surface area contributed by atoms with Crippen molar-refractivity contribution in [2.24, 2.45) is 11.8 Å². The first kappa shape index (κ1) is 24.3. The van der Waals surface area contributed by atoms with Crippen LogP contribution in [0.4, 0.5) is 0 Å².